The van der Waals surface area contributed by atoms with Gasteiger partial charge in [0.2, 0.25) is 0 Å². The molecule has 0 saturated heterocycles. The molecule has 664 valence electrons. The van der Waals surface area contributed by atoms with Gasteiger partial charge in [-0.3, -0.25) is 32.5 Å². The van der Waals surface area contributed by atoms with Gasteiger partial charge in [0.1, 0.15) is 25.4 Å². The Labute approximate surface area is 703 Å². The first-order chi connectivity index (χ1) is 56.2. The van der Waals surface area contributed by atoms with Crippen molar-refractivity contribution in [3.8, 4) is 0 Å². The maximum absolute atomic E-state index is 13.0. The second kappa shape index (κ2) is 89.0. The molecule has 0 fully saturated rings. The number of rotatable bonds is 88. The Hall–Kier alpha value is -4.31. The van der Waals surface area contributed by atoms with E-state index < -0.39 is 91.5 Å². The normalized spacial score (nSPS) is 14.4. The van der Waals surface area contributed by atoms with E-state index in [0.29, 0.717) is 19.3 Å². The fourth-order valence-electron chi connectivity index (χ4n) is 12.8. The van der Waals surface area contributed by atoms with E-state index in [1.165, 1.54) is 205 Å². The lowest BCUT2D eigenvalue weighted by Gasteiger charge is -2.21. The van der Waals surface area contributed by atoms with Gasteiger partial charge in [0, 0.05) is 19.3 Å². The van der Waals surface area contributed by atoms with Crippen LogP contribution in [0.1, 0.15) is 406 Å². The second-order valence-corrected chi connectivity index (χ2v) is 34.0. The van der Waals surface area contributed by atoms with Gasteiger partial charge < -0.3 is 34.2 Å². The summed E-state index contributed by atoms with van der Waals surface area (Å²) in [5.41, 5.74) is 0. The molecule has 0 aromatic heterocycles. The highest BCUT2D eigenvalue weighted by Crippen LogP contribution is 2.45. The third-order valence-electron chi connectivity index (χ3n) is 19.8. The molecule has 0 spiro atoms. The lowest BCUT2D eigenvalue weighted by atomic mass is 10.0. The van der Waals surface area contributed by atoms with Gasteiger partial charge in [0.05, 0.1) is 26.4 Å². The lowest BCUT2D eigenvalue weighted by Crippen LogP contribution is -2.30. The van der Waals surface area contributed by atoms with Crippen molar-refractivity contribution in [1.29, 1.82) is 0 Å². The molecule has 16 nitrogen and oxygen atoms in total. The van der Waals surface area contributed by atoms with E-state index in [9.17, 15) is 43.5 Å². The van der Waals surface area contributed by atoms with E-state index in [1.807, 2.05) is 0 Å². The zero-order valence-electron chi connectivity index (χ0n) is 73.2. The first-order valence-electron chi connectivity index (χ1n) is 46.5. The first kappa shape index (κ1) is 111. The van der Waals surface area contributed by atoms with Gasteiger partial charge in [-0.2, -0.15) is 0 Å². The summed E-state index contributed by atoms with van der Waals surface area (Å²) in [6.07, 6.45) is 111. The van der Waals surface area contributed by atoms with Crippen LogP contribution in [0.2, 0.25) is 0 Å². The van der Waals surface area contributed by atoms with Gasteiger partial charge in [-0.1, -0.05) is 386 Å². The summed E-state index contributed by atoms with van der Waals surface area (Å²) in [4.78, 5) is 58.8. The van der Waals surface area contributed by atoms with Crippen LogP contribution in [0.5, 0.6) is 0 Å². The van der Waals surface area contributed by atoms with Gasteiger partial charge in [-0.25, -0.2) is 9.13 Å². The molecule has 0 heterocycles. The number of unbranched alkanes of at least 4 members (excludes halogenated alkanes) is 43. The van der Waals surface area contributed by atoms with Crippen LogP contribution >= 0.6 is 15.6 Å². The standard InChI is InChI=1S/C97H170O16P2/c1-4-7-10-13-16-19-22-25-27-29-31-33-35-37-39-41-43-45-47-49-51-53-55-57-59-61-63-66-68-71-74-77-80-83-95(100)107-86-92(98)87-109-114(103,104)110-88-93(99)89-111-115(105,106)112-91-94(113-97(102)85-82-79-76-73-70-65-24-21-18-15-12-9-6-3)90-108-96(101)84-81-78-75-72-69-67-64-62-60-58-56-54-52-50-48-46-44-42-40-38-36-34-32-30-28-26-23-20-17-14-11-8-5-2/h7,10,12,15-17,19-21,24-28,31-34,37-40,92-94,98-99H,4-6,8-9,11,13-14,18,22-23,29-30,35-36,41-91H2,1-3H3,(H,103,104)(H,105,106)/b10-7-,15-12-,19-16-,20-17-,24-21-,27-25-,28-26-,33-31-,34-32-,39-37-,40-38-. The molecule has 0 aromatic carbocycles. The number of aliphatic hydroxyl groups excluding tert-OH is 2. The Morgan fingerprint density at radius 2 is 0.478 bits per heavy atom. The molecule has 115 heavy (non-hydrogen) atoms. The predicted molar refractivity (Wildman–Crippen MR) is 482 cm³/mol. The molecule has 18 heteroatoms. The Morgan fingerprint density at radius 1 is 0.252 bits per heavy atom. The molecule has 0 aliphatic rings. The van der Waals surface area contributed by atoms with Crippen LogP contribution in [0.3, 0.4) is 0 Å². The SMILES string of the molecule is CC/C=C\C/C=C\C/C=C\C/C=C\C/C=C\CCCCCCCCCCCCCCCCCCCC(=O)OCC(O)COP(=O)(O)OCC(O)COP(=O)(O)OCC(COC(=O)CCCCCCCCCCCCCCCCCCC/C=C\C/C=C\C/C=C\C/C=C\CCCCC)OC(=O)CCCCCCC/C=C\C/C=C\CCC. The number of carbonyl (C=O) groups excluding carboxylic acids is 3. The van der Waals surface area contributed by atoms with Crippen LogP contribution in [-0.4, -0.2) is 95.9 Å². The number of allylic oxidation sites excluding steroid dienone is 22. The Balaban J connectivity index is 4.38. The zero-order chi connectivity index (χ0) is 83.6. The van der Waals surface area contributed by atoms with Crippen molar-refractivity contribution in [2.24, 2.45) is 0 Å². The third kappa shape index (κ3) is 90.3. The van der Waals surface area contributed by atoms with E-state index in [2.05, 4.69) is 154 Å². The van der Waals surface area contributed by atoms with Gasteiger partial charge in [0.25, 0.3) is 0 Å². The molecule has 0 amide bonds. The molecule has 0 radical (unpaired) electrons. The maximum atomic E-state index is 13.0. The monoisotopic (exact) mass is 1650 g/mol. The number of esters is 3. The number of hydrogen-bond donors (Lipinski definition) is 4. The number of aliphatic hydroxyl groups is 2. The van der Waals surface area contributed by atoms with Crippen molar-refractivity contribution in [2.45, 2.75) is 424 Å². The Morgan fingerprint density at radius 3 is 0.765 bits per heavy atom. The molecule has 4 N–H and O–H groups in total. The fourth-order valence-corrected chi connectivity index (χ4v) is 14.4. The van der Waals surface area contributed by atoms with Gasteiger partial charge in [-0.05, 0) is 135 Å². The van der Waals surface area contributed by atoms with Crippen LogP contribution in [0, 0.1) is 0 Å². The van der Waals surface area contributed by atoms with Crippen molar-refractivity contribution in [2.75, 3.05) is 39.6 Å². The molecule has 0 saturated carbocycles. The van der Waals surface area contributed by atoms with Crippen LogP contribution in [0.4, 0.5) is 0 Å². The first-order valence-corrected chi connectivity index (χ1v) is 49.5. The zero-order valence-corrected chi connectivity index (χ0v) is 75.0. The summed E-state index contributed by atoms with van der Waals surface area (Å²) in [5.74, 6) is -1.57. The molecule has 5 unspecified atom stereocenters. The smallest absolute Gasteiger partial charge is 0.463 e. The van der Waals surface area contributed by atoms with Crippen molar-refractivity contribution < 1.29 is 75.8 Å². The topological polar surface area (TPSA) is 231 Å². The van der Waals surface area contributed by atoms with Crippen molar-refractivity contribution in [3.63, 3.8) is 0 Å². The highest BCUT2D eigenvalue weighted by Gasteiger charge is 2.29. The number of carbonyl (C=O) groups is 3. The van der Waals surface area contributed by atoms with Gasteiger partial charge >= 0.3 is 33.6 Å². The maximum Gasteiger partial charge on any atom is 0.472 e. The van der Waals surface area contributed by atoms with Crippen LogP contribution in [0.25, 0.3) is 0 Å². The Bertz CT molecular complexity index is 2620. The number of phosphoric ester groups is 2. The van der Waals surface area contributed by atoms with Crippen molar-refractivity contribution in [3.05, 3.63) is 134 Å². The molecular weight excluding hydrogens is 1480 g/mol. The lowest BCUT2D eigenvalue weighted by molar-refractivity contribution is -0.161. The van der Waals surface area contributed by atoms with Crippen molar-refractivity contribution in [1.82, 2.24) is 0 Å². The van der Waals surface area contributed by atoms with Crippen LogP contribution in [0.15, 0.2) is 134 Å². The van der Waals surface area contributed by atoms with E-state index in [4.69, 9.17) is 32.3 Å². The minimum Gasteiger partial charge on any atom is -0.463 e. The quantitative estimate of drug-likeness (QED) is 0.0146. The molecule has 0 rings (SSSR count). The number of phosphoric acid groups is 2. The summed E-state index contributed by atoms with van der Waals surface area (Å²) in [6.45, 7) is 2.51. The molecule has 0 bridgehead atoms. The highest BCUT2D eigenvalue weighted by molar-refractivity contribution is 7.47. The minimum atomic E-state index is -4.94. The van der Waals surface area contributed by atoms with Crippen molar-refractivity contribution >= 4 is 33.6 Å². The molecule has 0 aliphatic carbocycles. The molecular formula is C97H170O16P2. The fraction of sp³-hybridized carbons (Fsp3) is 0.742. The summed E-state index contributed by atoms with van der Waals surface area (Å²) in [6, 6.07) is 0. The largest absolute Gasteiger partial charge is 0.472 e. The predicted octanol–water partition coefficient (Wildman–Crippen LogP) is 28.6. The summed E-state index contributed by atoms with van der Waals surface area (Å²) in [5, 5.41) is 20.7. The van der Waals surface area contributed by atoms with Gasteiger partial charge in [-0.15, -0.1) is 0 Å². The van der Waals surface area contributed by atoms with Crippen LogP contribution in [-0.2, 0) is 55.8 Å². The van der Waals surface area contributed by atoms with E-state index in [1.54, 1.807) is 0 Å². The number of hydrogen-bond acceptors (Lipinski definition) is 14. The third-order valence-corrected chi connectivity index (χ3v) is 21.7. The van der Waals surface area contributed by atoms with Gasteiger partial charge in [0.15, 0.2) is 6.10 Å². The average Bonchev–Trinajstić information content (AvgIpc) is 0.901. The second-order valence-electron chi connectivity index (χ2n) is 31.1. The minimum absolute atomic E-state index is 0.0890. The molecule has 0 aromatic rings. The molecule has 0 aliphatic heterocycles. The summed E-state index contributed by atoms with van der Waals surface area (Å²) in [7, 11) is -9.80. The van der Waals surface area contributed by atoms with E-state index >= 15 is 0 Å². The molecule has 5 atom stereocenters. The van der Waals surface area contributed by atoms with E-state index in [-0.39, 0.29) is 19.3 Å². The number of ether oxygens (including phenoxy) is 3. The Kier molecular flexibility index (Phi) is 85.6. The average molecular weight is 1650 g/mol. The summed E-state index contributed by atoms with van der Waals surface area (Å²) < 4.78 is 61.4. The van der Waals surface area contributed by atoms with Crippen LogP contribution < -0.4 is 0 Å². The summed E-state index contributed by atoms with van der Waals surface area (Å²) >= 11 is 0. The van der Waals surface area contributed by atoms with E-state index in [0.717, 1.165) is 141 Å². The highest BCUT2D eigenvalue weighted by atomic mass is 31.2.